The van der Waals surface area contributed by atoms with Crippen molar-refractivity contribution in [2.75, 3.05) is 39.3 Å². The maximum Gasteiger partial charge on any atom is 0.246 e. The average Bonchev–Trinajstić information content (AvgIpc) is 2.88. The molecule has 1 atom stereocenters. The van der Waals surface area contributed by atoms with Crippen molar-refractivity contribution in [1.82, 2.24) is 20.9 Å². The average molecular weight is 493 g/mol. The molecule has 192 valence electrons. The van der Waals surface area contributed by atoms with Gasteiger partial charge in [0.1, 0.15) is 5.75 Å². The first-order valence-corrected chi connectivity index (χ1v) is 12.9. The molecule has 0 aromatic heterocycles. The Morgan fingerprint density at radius 1 is 0.861 bits per heavy atom. The van der Waals surface area contributed by atoms with Crippen molar-refractivity contribution >= 4 is 17.9 Å². The highest BCUT2D eigenvalue weighted by atomic mass is 16.5. The maximum atomic E-state index is 13.0. The summed E-state index contributed by atoms with van der Waals surface area (Å²) in [6.07, 6.45) is 7.16. The monoisotopic (exact) mass is 492 g/mol. The zero-order chi connectivity index (χ0) is 25.2. The Labute approximate surface area is 212 Å². The number of fused-ring (bicyclic) bond motifs is 3. The van der Waals surface area contributed by atoms with E-state index in [-0.39, 0.29) is 23.6 Å². The minimum absolute atomic E-state index is 0.0214. The predicted molar refractivity (Wildman–Crippen MR) is 140 cm³/mol. The number of nitrogens with one attached hydrogen (secondary N) is 3. The molecular weight excluding hydrogens is 456 g/mol. The number of hydrogen-bond donors (Lipinski definition) is 4. The normalized spacial score (nSPS) is 21.6. The first kappa shape index (κ1) is 25.7. The molecule has 3 aliphatic rings. The fourth-order valence-corrected chi connectivity index (χ4v) is 4.45. The van der Waals surface area contributed by atoms with Crippen LogP contribution in [0.5, 0.6) is 17.2 Å². The van der Waals surface area contributed by atoms with E-state index in [4.69, 9.17) is 4.74 Å². The summed E-state index contributed by atoms with van der Waals surface area (Å²) in [5, 5.41) is 20.4. The number of benzene rings is 2. The Morgan fingerprint density at radius 2 is 1.67 bits per heavy atom. The van der Waals surface area contributed by atoms with Crippen LogP contribution in [0.15, 0.2) is 48.5 Å². The summed E-state index contributed by atoms with van der Waals surface area (Å²) in [4.78, 5) is 27.6. The van der Waals surface area contributed by atoms with Crippen LogP contribution in [0.4, 0.5) is 0 Å². The largest absolute Gasteiger partial charge is 0.504 e. The number of nitrogens with zero attached hydrogens (tertiary/aromatic N) is 1. The van der Waals surface area contributed by atoms with Gasteiger partial charge in [0.05, 0.1) is 0 Å². The number of carbonyl (C=O) groups excluding carboxylic acids is 2. The zero-order valence-corrected chi connectivity index (χ0v) is 20.7. The van der Waals surface area contributed by atoms with E-state index < -0.39 is 0 Å². The molecule has 3 heterocycles. The van der Waals surface area contributed by atoms with Crippen molar-refractivity contribution in [3.63, 3.8) is 0 Å². The van der Waals surface area contributed by atoms with Crippen LogP contribution < -0.4 is 20.7 Å². The van der Waals surface area contributed by atoms with E-state index >= 15 is 0 Å². The summed E-state index contributed by atoms with van der Waals surface area (Å²) in [6.45, 7) is 4.36. The number of phenolic OH excluding ortho intramolecular Hbond substituents is 1. The van der Waals surface area contributed by atoms with Crippen LogP contribution >= 0.6 is 0 Å². The zero-order valence-electron chi connectivity index (χ0n) is 20.7. The second-order valence-corrected chi connectivity index (χ2v) is 9.28. The van der Waals surface area contributed by atoms with Gasteiger partial charge in [-0.25, -0.2) is 0 Å². The van der Waals surface area contributed by atoms with Crippen LogP contribution in [-0.4, -0.2) is 61.1 Å². The number of ether oxygens (including phenoxy) is 1. The molecule has 0 spiro atoms. The predicted octanol–water partition coefficient (Wildman–Crippen LogP) is 3.34. The first-order valence-electron chi connectivity index (χ1n) is 12.9. The number of carbonyl (C=O) groups is 2. The van der Waals surface area contributed by atoms with Crippen molar-refractivity contribution in [3.8, 4) is 17.2 Å². The second kappa shape index (κ2) is 13.1. The molecule has 0 saturated carbocycles. The fraction of sp³-hybridized carbons (Fsp3) is 0.429. The smallest absolute Gasteiger partial charge is 0.246 e. The lowest BCUT2D eigenvalue weighted by molar-refractivity contribution is -0.126. The van der Waals surface area contributed by atoms with Gasteiger partial charge < -0.3 is 30.7 Å². The molecule has 5 rings (SSSR count). The van der Waals surface area contributed by atoms with E-state index in [9.17, 15) is 14.7 Å². The van der Waals surface area contributed by atoms with Gasteiger partial charge in [-0.1, -0.05) is 18.2 Å². The fourth-order valence-electron chi connectivity index (χ4n) is 4.45. The molecular formula is C28H36N4O4. The summed E-state index contributed by atoms with van der Waals surface area (Å²) in [7, 11) is 0. The maximum absolute atomic E-state index is 13.0. The standard InChI is InChI=1S/C28H36N4O4/c33-25-11-5-21-6-12-28(35)32-17-2-1-13-29-14-3-15-30-24(20-27(34)31-16-4-18-32)22-7-9-23(10-8-22)36-26(25)19-21/h5-12,19,24,29-30,33H,1-4,13-18,20H2,(H,31,34)/b12-6+. The van der Waals surface area contributed by atoms with E-state index in [0.717, 1.165) is 50.0 Å². The number of phenols is 1. The van der Waals surface area contributed by atoms with E-state index in [1.165, 1.54) is 0 Å². The van der Waals surface area contributed by atoms with Crippen LogP contribution in [0, 0.1) is 0 Å². The molecule has 36 heavy (non-hydrogen) atoms. The summed E-state index contributed by atoms with van der Waals surface area (Å²) >= 11 is 0. The summed E-state index contributed by atoms with van der Waals surface area (Å²) in [5.74, 6) is 0.821. The van der Waals surface area contributed by atoms with Gasteiger partial charge in [0.2, 0.25) is 11.8 Å². The van der Waals surface area contributed by atoms with Gasteiger partial charge in [-0.3, -0.25) is 9.59 Å². The lowest BCUT2D eigenvalue weighted by atomic mass is 10.0. The molecule has 2 aromatic carbocycles. The minimum Gasteiger partial charge on any atom is -0.504 e. The van der Waals surface area contributed by atoms with Gasteiger partial charge in [-0.2, -0.15) is 0 Å². The van der Waals surface area contributed by atoms with Gasteiger partial charge in [0.25, 0.3) is 0 Å². The first-order chi connectivity index (χ1) is 17.6. The summed E-state index contributed by atoms with van der Waals surface area (Å²) in [5.41, 5.74) is 1.76. The number of aromatic hydroxyl groups is 1. The third-order valence-corrected chi connectivity index (χ3v) is 6.49. The minimum atomic E-state index is -0.129. The second-order valence-electron chi connectivity index (χ2n) is 9.28. The van der Waals surface area contributed by atoms with Crippen LogP contribution in [0.3, 0.4) is 0 Å². The number of hydrogen-bond acceptors (Lipinski definition) is 6. The quantitative estimate of drug-likeness (QED) is 0.450. The van der Waals surface area contributed by atoms with Crippen LogP contribution in [-0.2, 0) is 9.59 Å². The summed E-state index contributed by atoms with van der Waals surface area (Å²) < 4.78 is 5.94. The Balaban J connectivity index is 1.66. The van der Waals surface area contributed by atoms with Crippen molar-refractivity contribution in [2.24, 2.45) is 0 Å². The molecule has 1 unspecified atom stereocenters. The lowest BCUT2D eigenvalue weighted by Gasteiger charge is -2.22. The SMILES string of the molecule is O=C1CC2NCCCNCCCCN(CCCN1)C(=O)/C=C/c1ccc(O)c(c1)Oc1ccc2cc1. The van der Waals surface area contributed by atoms with E-state index in [0.29, 0.717) is 44.0 Å². The highest BCUT2D eigenvalue weighted by Crippen LogP contribution is 2.32. The Morgan fingerprint density at radius 3 is 2.53 bits per heavy atom. The highest BCUT2D eigenvalue weighted by molar-refractivity contribution is 5.91. The molecule has 6 bridgehead atoms. The van der Waals surface area contributed by atoms with Crippen LogP contribution in [0.2, 0.25) is 0 Å². The van der Waals surface area contributed by atoms with Crippen molar-refractivity contribution < 1.29 is 19.4 Å². The molecule has 3 aliphatic heterocycles. The third-order valence-electron chi connectivity index (χ3n) is 6.49. The highest BCUT2D eigenvalue weighted by Gasteiger charge is 2.17. The Kier molecular flexibility index (Phi) is 9.35. The van der Waals surface area contributed by atoms with Crippen molar-refractivity contribution in [3.05, 3.63) is 59.7 Å². The molecule has 0 radical (unpaired) electrons. The lowest BCUT2D eigenvalue weighted by Crippen LogP contribution is -2.35. The van der Waals surface area contributed by atoms with Crippen molar-refractivity contribution in [1.29, 1.82) is 0 Å². The molecule has 2 amide bonds. The molecule has 2 aromatic rings. The van der Waals surface area contributed by atoms with Gasteiger partial charge in [-0.15, -0.1) is 0 Å². The molecule has 4 N–H and O–H groups in total. The van der Waals surface area contributed by atoms with Gasteiger partial charge in [-0.05, 0) is 86.8 Å². The molecule has 1 fully saturated rings. The van der Waals surface area contributed by atoms with Crippen LogP contribution in [0.25, 0.3) is 6.08 Å². The molecule has 8 nitrogen and oxygen atoms in total. The van der Waals surface area contributed by atoms with E-state index in [1.807, 2.05) is 29.2 Å². The van der Waals surface area contributed by atoms with Crippen molar-refractivity contribution in [2.45, 2.75) is 38.1 Å². The van der Waals surface area contributed by atoms with Gasteiger partial charge in [0, 0.05) is 38.2 Å². The number of amides is 2. The molecule has 8 heteroatoms. The van der Waals surface area contributed by atoms with Gasteiger partial charge in [0.15, 0.2) is 11.5 Å². The molecule has 0 aliphatic carbocycles. The Bertz CT molecular complexity index is 1050. The third kappa shape index (κ3) is 7.57. The van der Waals surface area contributed by atoms with Crippen LogP contribution in [0.1, 0.15) is 49.3 Å². The van der Waals surface area contributed by atoms with E-state index in [1.54, 1.807) is 30.4 Å². The Hall–Kier alpha value is -3.36. The molecule has 1 saturated heterocycles. The summed E-state index contributed by atoms with van der Waals surface area (Å²) in [6, 6.07) is 12.5. The van der Waals surface area contributed by atoms with E-state index in [2.05, 4.69) is 16.0 Å². The van der Waals surface area contributed by atoms with Gasteiger partial charge >= 0.3 is 0 Å². The number of rotatable bonds is 0. The topological polar surface area (TPSA) is 103 Å².